The molecule has 2 aromatic rings. The molecule has 0 aromatic heterocycles. The molecule has 0 unspecified atom stereocenters. The second kappa shape index (κ2) is 6.79. The first-order valence-electron chi connectivity index (χ1n) is 7.16. The van der Waals surface area contributed by atoms with Crippen molar-refractivity contribution in [2.75, 3.05) is 6.61 Å². The molecule has 0 spiro atoms. The molecule has 0 radical (unpaired) electrons. The third-order valence-corrected chi connectivity index (χ3v) is 4.28. The van der Waals surface area contributed by atoms with Gasteiger partial charge < -0.3 is 4.74 Å². The lowest BCUT2D eigenvalue weighted by Gasteiger charge is -2.18. The quantitative estimate of drug-likeness (QED) is 0.809. The summed E-state index contributed by atoms with van der Waals surface area (Å²) in [6, 6.07) is 20.0. The minimum atomic E-state index is -0.297. The maximum Gasteiger partial charge on any atom is 0.414 e. The van der Waals surface area contributed by atoms with Crippen LogP contribution in [0.4, 0.5) is 4.79 Å². The smallest absolute Gasteiger partial charge is 0.414 e. The molecule has 3 rings (SSSR count). The van der Waals surface area contributed by atoms with Crippen molar-refractivity contribution in [2.45, 2.75) is 12.5 Å². The summed E-state index contributed by atoms with van der Waals surface area (Å²) in [7, 11) is 0. The van der Waals surface area contributed by atoms with Crippen LogP contribution in [0.5, 0.6) is 0 Å². The van der Waals surface area contributed by atoms with Crippen LogP contribution in [-0.4, -0.2) is 23.6 Å². The van der Waals surface area contributed by atoms with Crippen LogP contribution in [0.15, 0.2) is 66.9 Å². The molecule has 0 bridgehead atoms. The SMILES string of the molecule is O=C1OC[C@@H](Cc2ccccc2)N1/C=C(\Br)c1ccccc1. The van der Waals surface area contributed by atoms with Gasteiger partial charge >= 0.3 is 6.09 Å². The van der Waals surface area contributed by atoms with E-state index in [1.807, 2.05) is 54.7 Å². The van der Waals surface area contributed by atoms with Crippen molar-refractivity contribution >= 4 is 26.5 Å². The average molecular weight is 358 g/mol. The van der Waals surface area contributed by atoms with Gasteiger partial charge in [0.05, 0.1) is 6.04 Å². The molecule has 1 fully saturated rings. The molecule has 1 aliphatic heterocycles. The summed E-state index contributed by atoms with van der Waals surface area (Å²) >= 11 is 3.55. The van der Waals surface area contributed by atoms with Crippen LogP contribution in [0, 0.1) is 0 Å². The fourth-order valence-corrected chi connectivity index (χ4v) is 2.95. The topological polar surface area (TPSA) is 29.5 Å². The summed E-state index contributed by atoms with van der Waals surface area (Å²) in [5.41, 5.74) is 2.22. The summed E-state index contributed by atoms with van der Waals surface area (Å²) in [6.45, 7) is 0.416. The normalized spacial score (nSPS) is 18.4. The molecule has 0 saturated carbocycles. The van der Waals surface area contributed by atoms with E-state index in [1.54, 1.807) is 4.90 Å². The molecule has 4 heteroatoms. The van der Waals surface area contributed by atoms with Gasteiger partial charge in [0.1, 0.15) is 6.61 Å². The lowest BCUT2D eigenvalue weighted by Crippen LogP contribution is -2.30. The number of carbonyl (C=O) groups is 1. The Morgan fingerprint density at radius 3 is 2.45 bits per heavy atom. The van der Waals surface area contributed by atoms with Gasteiger partial charge in [0.25, 0.3) is 0 Å². The summed E-state index contributed by atoms with van der Waals surface area (Å²) in [5, 5.41) is 0. The zero-order valence-corrected chi connectivity index (χ0v) is 13.6. The first-order valence-corrected chi connectivity index (χ1v) is 7.95. The summed E-state index contributed by atoms with van der Waals surface area (Å²) < 4.78 is 6.07. The average Bonchev–Trinajstić information content (AvgIpc) is 2.90. The predicted molar refractivity (Wildman–Crippen MR) is 90.5 cm³/mol. The number of cyclic esters (lactones) is 1. The maximum absolute atomic E-state index is 12.0. The highest BCUT2D eigenvalue weighted by Gasteiger charge is 2.31. The van der Waals surface area contributed by atoms with Crippen molar-refractivity contribution < 1.29 is 9.53 Å². The molecular formula is C18H16BrNO2. The molecule has 112 valence electrons. The van der Waals surface area contributed by atoms with E-state index in [4.69, 9.17) is 4.74 Å². The van der Waals surface area contributed by atoms with E-state index >= 15 is 0 Å². The van der Waals surface area contributed by atoms with Crippen LogP contribution < -0.4 is 0 Å². The molecule has 1 saturated heterocycles. The highest BCUT2D eigenvalue weighted by atomic mass is 79.9. The van der Waals surface area contributed by atoms with Gasteiger partial charge in [-0.15, -0.1) is 0 Å². The number of carbonyl (C=O) groups excluding carboxylic acids is 1. The Morgan fingerprint density at radius 2 is 1.77 bits per heavy atom. The second-order valence-corrected chi connectivity index (χ2v) is 6.03. The highest BCUT2D eigenvalue weighted by molar-refractivity contribution is 9.15. The standard InChI is InChI=1S/C18H16BrNO2/c19-17(15-9-5-2-6-10-15)12-20-16(13-22-18(20)21)11-14-7-3-1-4-8-14/h1-10,12,16H,11,13H2/b17-12-/t16-/m1/s1. The van der Waals surface area contributed by atoms with Gasteiger partial charge in [-0.3, -0.25) is 4.90 Å². The molecule has 3 nitrogen and oxygen atoms in total. The molecule has 1 atom stereocenters. The van der Waals surface area contributed by atoms with E-state index < -0.39 is 0 Å². The first-order chi connectivity index (χ1) is 10.7. The van der Waals surface area contributed by atoms with E-state index in [9.17, 15) is 4.79 Å². The lowest BCUT2D eigenvalue weighted by atomic mass is 10.1. The van der Waals surface area contributed by atoms with Crippen LogP contribution in [-0.2, 0) is 11.2 Å². The third kappa shape index (κ3) is 3.39. The van der Waals surface area contributed by atoms with E-state index in [0.29, 0.717) is 6.61 Å². The van der Waals surface area contributed by atoms with Crippen molar-refractivity contribution in [3.05, 3.63) is 78.0 Å². The summed E-state index contributed by atoms with van der Waals surface area (Å²) in [4.78, 5) is 13.7. The molecule has 0 N–H and O–H groups in total. The van der Waals surface area contributed by atoms with E-state index in [-0.39, 0.29) is 12.1 Å². The van der Waals surface area contributed by atoms with Gasteiger partial charge in [0, 0.05) is 10.7 Å². The maximum atomic E-state index is 12.0. The van der Waals surface area contributed by atoms with Crippen LogP contribution in [0.1, 0.15) is 11.1 Å². The second-order valence-electron chi connectivity index (χ2n) is 5.17. The lowest BCUT2D eigenvalue weighted by molar-refractivity contribution is 0.166. The fourth-order valence-electron chi connectivity index (χ4n) is 2.47. The number of hydrogen-bond donors (Lipinski definition) is 0. The first kappa shape index (κ1) is 14.9. The minimum absolute atomic E-state index is 0.0196. The Bertz CT molecular complexity index is 670. The summed E-state index contributed by atoms with van der Waals surface area (Å²) in [5.74, 6) is 0. The van der Waals surface area contributed by atoms with Gasteiger partial charge in [-0.05, 0) is 33.5 Å². The van der Waals surface area contributed by atoms with Gasteiger partial charge in [-0.2, -0.15) is 0 Å². The minimum Gasteiger partial charge on any atom is -0.447 e. The molecule has 2 aromatic carbocycles. The molecule has 22 heavy (non-hydrogen) atoms. The monoisotopic (exact) mass is 357 g/mol. The molecule has 0 aliphatic carbocycles. The highest BCUT2D eigenvalue weighted by Crippen LogP contribution is 2.25. The van der Waals surface area contributed by atoms with Gasteiger partial charge in [-0.25, -0.2) is 4.79 Å². The number of benzene rings is 2. The number of hydrogen-bond acceptors (Lipinski definition) is 2. The van der Waals surface area contributed by atoms with E-state index in [1.165, 1.54) is 5.56 Å². The van der Waals surface area contributed by atoms with Crippen LogP contribution in [0.25, 0.3) is 4.48 Å². The van der Waals surface area contributed by atoms with E-state index in [2.05, 4.69) is 28.1 Å². The van der Waals surface area contributed by atoms with E-state index in [0.717, 1.165) is 16.5 Å². The van der Waals surface area contributed by atoms with Gasteiger partial charge in [0.2, 0.25) is 0 Å². The molecule has 1 heterocycles. The number of halogens is 1. The Labute approximate surface area is 138 Å². The predicted octanol–water partition coefficient (Wildman–Crippen LogP) is 4.44. The van der Waals surface area contributed by atoms with Crippen molar-refractivity contribution in [2.24, 2.45) is 0 Å². The number of nitrogens with zero attached hydrogens (tertiary/aromatic N) is 1. The largest absolute Gasteiger partial charge is 0.447 e. The fraction of sp³-hybridized carbons (Fsp3) is 0.167. The number of ether oxygens (including phenoxy) is 1. The number of amides is 1. The van der Waals surface area contributed by atoms with Crippen molar-refractivity contribution in [3.8, 4) is 0 Å². The van der Waals surface area contributed by atoms with Crippen LogP contribution in [0.3, 0.4) is 0 Å². The Hall–Kier alpha value is -2.07. The molecular weight excluding hydrogens is 342 g/mol. The third-order valence-electron chi connectivity index (χ3n) is 3.62. The zero-order chi connectivity index (χ0) is 15.4. The van der Waals surface area contributed by atoms with Crippen molar-refractivity contribution in [3.63, 3.8) is 0 Å². The van der Waals surface area contributed by atoms with Gasteiger partial charge in [0.15, 0.2) is 0 Å². The van der Waals surface area contributed by atoms with Gasteiger partial charge in [-0.1, -0.05) is 60.7 Å². The molecule has 1 aliphatic rings. The van der Waals surface area contributed by atoms with Crippen molar-refractivity contribution in [1.82, 2.24) is 4.90 Å². The summed E-state index contributed by atoms with van der Waals surface area (Å²) in [6.07, 6.45) is 2.30. The molecule has 1 amide bonds. The van der Waals surface area contributed by atoms with Crippen LogP contribution in [0.2, 0.25) is 0 Å². The zero-order valence-electron chi connectivity index (χ0n) is 12.0. The Kier molecular flexibility index (Phi) is 4.59. The number of rotatable bonds is 4. The van der Waals surface area contributed by atoms with Crippen LogP contribution >= 0.6 is 15.9 Å². The van der Waals surface area contributed by atoms with Crippen molar-refractivity contribution in [1.29, 1.82) is 0 Å². The Balaban J connectivity index is 1.79. The Morgan fingerprint density at radius 1 is 1.14 bits per heavy atom.